The molecule has 0 bridgehead atoms. The van der Waals surface area contributed by atoms with Crippen molar-refractivity contribution in [1.29, 1.82) is 0 Å². The summed E-state index contributed by atoms with van der Waals surface area (Å²) in [6, 6.07) is 6.91. The number of nitrogens with zero attached hydrogens (tertiary/aromatic N) is 2. The van der Waals surface area contributed by atoms with Crippen LogP contribution in [0.5, 0.6) is 0 Å². The molecule has 0 atom stereocenters. The second-order valence-corrected chi connectivity index (χ2v) is 8.71. The molecular weight excluding hydrogens is 354 g/mol. The van der Waals surface area contributed by atoms with Crippen molar-refractivity contribution in [1.82, 2.24) is 15.5 Å². The quantitative estimate of drug-likeness (QED) is 0.794. The number of sulfone groups is 1. The van der Waals surface area contributed by atoms with Crippen molar-refractivity contribution in [3.05, 3.63) is 41.5 Å². The van der Waals surface area contributed by atoms with Gasteiger partial charge in [0.15, 0.2) is 15.7 Å². The standard InChI is InChI=1S/C18H23N3O4S/c1-13-6-8-15(9-7-13)26(23,24)12-16-20-18(25-21-16)11-10-17(22)19-14-4-2-3-5-14/h6-9,14H,2-5,10-12H2,1H3,(H,19,22). The molecule has 0 radical (unpaired) electrons. The molecule has 7 nitrogen and oxygen atoms in total. The molecule has 0 spiro atoms. The van der Waals surface area contributed by atoms with E-state index < -0.39 is 9.84 Å². The second-order valence-electron chi connectivity index (χ2n) is 6.73. The minimum absolute atomic E-state index is 0.0380. The van der Waals surface area contributed by atoms with E-state index in [0.29, 0.717) is 6.42 Å². The van der Waals surface area contributed by atoms with Crippen LogP contribution >= 0.6 is 0 Å². The van der Waals surface area contributed by atoms with E-state index in [0.717, 1.165) is 31.2 Å². The SMILES string of the molecule is Cc1ccc(S(=O)(=O)Cc2noc(CCC(=O)NC3CCCC3)n2)cc1. The van der Waals surface area contributed by atoms with E-state index in [1.54, 1.807) is 24.3 Å². The first-order valence-corrected chi connectivity index (χ1v) is 10.5. The summed E-state index contributed by atoms with van der Waals surface area (Å²) in [7, 11) is -3.53. The smallest absolute Gasteiger partial charge is 0.227 e. The molecule has 1 fully saturated rings. The maximum absolute atomic E-state index is 12.4. The van der Waals surface area contributed by atoms with Crippen LogP contribution in [0.15, 0.2) is 33.7 Å². The predicted molar refractivity (Wildman–Crippen MR) is 95.1 cm³/mol. The van der Waals surface area contributed by atoms with Crippen molar-refractivity contribution >= 4 is 15.7 Å². The number of benzene rings is 1. The number of carbonyl (C=O) groups is 1. The Hall–Kier alpha value is -2.22. The third kappa shape index (κ3) is 4.91. The van der Waals surface area contributed by atoms with E-state index >= 15 is 0 Å². The Bertz CT molecular complexity index is 853. The maximum Gasteiger partial charge on any atom is 0.227 e. The lowest BCUT2D eigenvalue weighted by molar-refractivity contribution is -0.121. The van der Waals surface area contributed by atoms with E-state index in [-0.39, 0.29) is 40.7 Å². The summed E-state index contributed by atoms with van der Waals surface area (Å²) in [5.41, 5.74) is 0.988. The van der Waals surface area contributed by atoms with Gasteiger partial charge in [-0.2, -0.15) is 4.98 Å². The molecule has 1 aliphatic carbocycles. The third-order valence-electron chi connectivity index (χ3n) is 4.50. The van der Waals surface area contributed by atoms with Crippen molar-refractivity contribution in [2.24, 2.45) is 0 Å². The van der Waals surface area contributed by atoms with Gasteiger partial charge in [0.2, 0.25) is 11.8 Å². The molecule has 0 unspecified atom stereocenters. The topological polar surface area (TPSA) is 102 Å². The summed E-state index contributed by atoms with van der Waals surface area (Å²) in [4.78, 5) is 16.3. The zero-order chi connectivity index (χ0) is 18.6. The molecule has 1 amide bonds. The normalized spacial score (nSPS) is 15.3. The lowest BCUT2D eigenvalue weighted by atomic mass is 10.2. The molecule has 26 heavy (non-hydrogen) atoms. The molecule has 3 rings (SSSR count). The lowest BCUT2D eigenvalue weighted by Gasteiger charge is -2.10. The Labute approximate surface area is 153 Å². The second kappa shape index (κ2) is 7.99. The average molecular weight is 377 g/mol. The Morgan fingerprint density at radius 2 is 1.92 bits per heavy atom. The summed E-state index contributed by atoms with van der Waals surface area (Å²) >= 11 is 0. The molecule has 1 aromatic heterocycles. The number of aromatic nitrogens is 2. The first-order chi connectivity index (χ1) is 12.4. The number of amides is 1. The number of carbonyl (C=O) groups excluding carboxylic acids is 1. The predicted octanol–water partition coefficient (Wildman–Crippen LogP) is 2.34. The summed E-state index contributed by atoms with van der Waals surface area (Å²) in [5.74, 6) is 0.0229. The zero-order valence-corrected chi connectivity index (χ0v) is 15.6. The van der Waals surface area contributed by atoms with Crippen LogP contribution in [0.2, 0.25) is 0 Å². The number of aryl methyl sites for hydroxylation is 2. The van der Waals surface area contributed by atoms with E-state index in [1.165, 1.54) is 0 Å². The Balaban J connectivity index is 1.54. The Morgan fingerprint density at radius 3 is 2.62 bits per heavy atom. The van der Waals surface area contributed by atoms with Crippen molar-refractivity contribution < 1.29 is 17.7 Å². The van der Waals surface area contributed by atoms with Gasteiger partial charge in [0, 0.05) is 18.9 Å². The fourth-order valence-electron chi connectivity index (χ4n) is 3.04. The van der Waals surface area contributed by atoms with Crippen LogP contribution in [0.25, 0.3) is 0 Å². The highest BCUT2D eigenvalue weighted by Crippen LogP contribution is 2.18. The van der Waals surface area contributed by atoms with Crippen molar-refractivity contribution in [2.45, 2.75) is 62.1 Å². The molecule has 1 aromatic carbocycles. The molecule has 0 aliphatic heterocycles. The number of hydrogen-bond donors (Lipinski definition) is 1. The van der Waals surface area contributed by atoms with Crippen LogP contribution in [0, 0.1) is 6.92 Å². The number of rotatable bonds is 7. The van der Waals surface area contributed by atoms with E-state index in [1.807, 2.05) is 6.92 Å². The Morgan fingerprint density at radius 1 is 1.23 bits per heavy atom. The minimum Gasteiger partial charge on any atom is -0.353 e. The van der Waals surface area contributed by atoms with Crippen LogP contribution in [-0.4, -0.2) is 30.5 Å². The van der Waals surface area contributed by atoms with Gasteiger partial charge in [-0.05, 0) is 31.9 Å². The van der Waals surface area contributed by atoms with Crippen molar-refractivity contribution in [3.63, 3.8) is 0 Å². The first kappa shape index (κ1) is 18.6. The largest absolute Gasteiger partial charge is 0.353 e. The van der Waals surface area contributed by atoms with Gasteiger partial charge in [-0.3, -0.25) is 4.79 Å². The zero-order valence-electron chi connectivity index (χ0n) is 14.8. The average Bonchev–Trinajstić information content (AvgIpc) is 3.25. The first-order valence-electron chi connectivity index (χ1n) is 8.82. The van der Waals surface area contributed by atoms with E-state index in [2.05, 4.69) is 15.5 Å². The fraction of sp³-hybridized carbons (Fsp3) is 0.500. The van der Waals surface area contributed by atoms with Crippen LogP contribution in [-0.2, 0) is 26.8 Å². The van der Waals surface area contributed by atoms with Crippen LogP contribution in [0.4, 0.5) is 0 Å². The van der Waals surface area contributed by atoms with Crippen LogP contribution in [0.1, 0.15) is 49.4 Å². The van der Waals surface area contributed by atoms with Gasteiger partial charge >= 0.3 is 0 Å². The van der Waals surface area contributed by atoms with Gasteiger partial charge in [0.05, 0.1) is 4.90 Å². The summed E-state index contributed by atoms with van der Waals surface area (Å²) in [6.45, 7) is 1.89. The summed E-state index contributed by atoms with van der Waals surface area (Å²) in [5, 5.41) is 6.72. The highest BCUT2D eigenvalue weighted by Gasteiger charge is 2.20. The van der Waals surface area contributed by atoms with Gasteiger partial charge < -0.3 is 9.84 Å². The van der Waals surface area contributed by atoms with Crippen LogP contribution in [0.3, 0.4) is 0 Å². The minimum atomic E-state index is -3.53. The molecule has 140 valence electrons. The van der Waals surface area contributed by atoms with Gasteiger partial charge in [0.1, 0.15) is 5.75 Å². The summed E-state index contributed by atoms with van der Waals surface area (Å²) in [6.07, 6.45) is 4.94. The highest BCUT2D eigenvalue weighted by molar-refractivity contribution is 7.90. The molecule has 1 aliphatic rings. The van der Waals surface area contributed by atoms with Gasteiger partial charge in [0.25, 0.3) is 0 Å². The Kier molecular flexibility index (Phi) is 5.70. The van der Waals surface area contributed by atoms with Crippen LogP contribution < -0.4 is 5.32 Å². The van der Waals surface area contributed by atoms with Gasteiger partial charge in [-0.25, -0.2) is 8.42 Å². The third-order valence-corrected chi connectivity index (χ3v) is 6.12. The van der Waals surface area contributed by atoms with E-state index in [9.17, 15) is 13.2 Å². The molecule has 1 heterocycles. The molecule has 0 saturated heterocycles. The van der Waals surface area contributed by atoms with E-state index in [4.69, 9.17) is 4.52 Å². The molecule has 8 heteroatoms. The van der Waals surface area contributed by atoms with Gasteiger partial charge in [-0.1, -0.05) is 35.7 Å². The monoisotopic (exact) mass is 377 g/mol. The molecule has 1 saturated carbocycles. The van der Waals surface area contributed by atoms with Gasteiger partial charge in [-0.15, -0.1) is 0 Å². The molecular formula is C18H23N3O4S. The van der Waals surface area contributed by atoms with Crippen molar-refractivity contribution in [3.8, 4) is 0 Å². The number of nitrogens with one attached hydrogen (secondary N) is 1. The highest BCUT2D eigenvalue weighted by atomic mass is 32.2. The number of hydrogen-bond acceptors (Lipinski definition) is 6. The fourth-order valence-corrected chi connectivity index (χ4v) is 4.21. The molecule has 1 N–H and O–H groups in total. The summed E-state index contributed by atoms with van der Waals surface area (Å²) < 4.78 is 29.9. The van der Waals surface area contributed by atoms with Crippen molar-refractivity contribution in [2.75, 3.05) is 0 Å². The maximum atomic E-state index is 12.4. The lowest BCUT2D eigenvalue weighted by Crippen LogP contribution is -2.32. The molecule has 2 aromatic rings.